The predicted octanol–water partition coefficient (Wildman–Crippen LogP) is 5.08. The van der Waals surface area contributed by atoms with Crippen molar-refractivity contribution in [3.8, 4) is 11.3 Å². The lowest BCUT2D eigenvalue weighted by Crippen LogP contribution is -1.95. The fourth-order valence-corrected chi connectivity index (χ4v) is 2.93. The van der Waals surface area contributed by atoms with Gasteiger partial charge in [-0.1, -0.05) is 61.8 Å². The smallest absolute Gasteiger partial charge is 0.148 e. The monoisotopic (exact) mass is 296 g/mol. The Hall–Kier alpha value is -1.93. The average Bonchev–Trinajstić information content (AvgIpc) is 2.55. The molecular weight excluding hydrogens is 280 g/mol. The van der Waals surface area contributed by atoms with Gasteiger partial charge in [-0.05, 0) is 30.0 Å². The van der Waals surface area contributed by atoms with E-state index in [0.717, 1.165) is 34.9 Å². The molecule has 1 heterocycles. The summed E-state index contributed by atoms with van der Waals surface area (Å²) in [6.07, 6.45) is 2.08. The summed E-state index contributed by atoms with van der Waals surface area (Å²) in [6.45, 7) is 4.37. The molecule has 2 nitrogen and oxygen atoms in total. The molecule has 0 aliphatic rings. The van der Waals surface area contributed by atoms with Crippen molar-refractivity contribution in [3.05, 3.63) is 58.7 Å². The summed E-state index contributed by atoms with van der Waals surface area (Å²) in [5.41, 5.74) is 4.76. The summed E-state index contributed by atoms with van der Waals surface area (Å²) >= 11 is 6.15. The molecule has 3 rings (SSSR count). The van der Waals surface area contributed by atoms with Crippen LogP contribution in [0.15, 0.2) is 42.5 Å². The van der Waals surface area contributed by atoms with Crippen LogP contribution in [-0.2, 0) is 12.8 Å². The molecule has 0 aliphatic carbocycles. The zero-order valence-corrected chi connectivity index (χ0v) is 13.0. The predicted molar refractivity (Wildman–Crippen MR) is 88.7 cm³/mol. The maximum Gasteiger partial charge on any atom is 0.159 e. The van der Waals surface area contributed by atoms with Gasteiger partial charge in [0.15, 0.2) is 5.15 Å². The lowest BCUT2D eigenvalue weighted by molar-refractivity contribution is 1.03. The number of nitrogens with zero attached hydrogens (tertiary/aromatic N) is 2. The Morgan fingerprint density at radius 1 is 0.857 bits per heavy atom. The van der Waals surface area contributed by atoms with E-state index in [0.29, 0.717) is 5.15 Å². The van der Waals surface area contributed by atoms with Gasteiger partial charge in [0, 0.05) is 16.3 Å². The second kappa shape index (κ2) is 5.82. The highest BCUT2D eigenvalue weighted by atomic mass is 35.5. The van der Waals surface area contributed by atoms with Crippen LogP contribution in [0.5, 0.6) is 0 Å². The fraction of sp³-hybridized carbons (Fsp3) is 0.222. The van der Waals surface area contributed by atoms with Gasteiger partial charge in [-0.25, -0.2) is 0 Å². The Kier molecular flexibility index (Phi) is 3.89. The molecule has 3 aromatic rings. The SMILES string of the molecule is CCc1ccc(-c2nnc(Cl)c3ccccc23)cc1CC. The van der Waals surface area contributed by atoms with E-state index in [1.54, 1.807) is 0 Å². The zero-order chi connectivity index (χ0) is 14.8. The second-order valence-electron chi connectivity index (χ2n) is 5.08. The molecular formula is C18H17ClN2. The molecule has 0 N–H and O–H groups in total. The van der Waals surface area contributed by atoms with Crippen molar-refractivity contribution in [1.82, 2.24) is 10.2 Å². The minimum absolute atomic E-state index is 0.454. The molecule has 106 valence electrons. The van der Waals surface area contributed by atoms with Gasteiger partial charge < -0.3 is 0 Å². The van der Waals surface area contributed by atoms with Crippen molar-refractivity contribution in [3.63, 3.8) is 0 Å². The Bertz CT molecular complexity index is 796. The molecule has 0 saturated heterocycles. The summed E-state index contributed by atoms with van der Waals surface area (Å²) in [4.78, 5) is 0. The van der Waals surface area contributed by atoms with E-state index in [-0.39, 0.29) is 0 Å². The Balaban J connectivity index is 2.23. The van der Waals surface area contributed by atoms with E-state index in [1.807, 2.05) is 24.3 Å². The molecule has 1 aromatic heterocycles. The minimum Gasteiger partial charge on any atom is -0.148 e. The summed E-state index contributed by atoms with van der Waals surface area (Å²) in [7, 11) is 0. The van der Waals surface area contributed by atoms with E-state index in [4.69, 9.17) is 11.6 Å². The molecule has 0 aliphatic heterocycles. The van der Waals surface area contributed by atoms with Gasteiger partial charge in [0.25, 0.3) is 0 Å². The van der Waals surface area contributed by atoms with Crippen molar-refractivity contribution in [2.24, 2.45) is 0 Å². The molecule has 0 bridgehead atoms. The van der Waals surface area contributed by atoms with E-state index >= 15 is 0 Å². The van der Waals surface area contributed by atoms with Crippen LogP contribution in [0, 0.1) is 0 Å². The molecule has 0 spiro atoms. The summed E-state index contributed by atoms with van der Waals surface area (Å²) in [5, 5.41) is 10.9. The van der Waals surface area contributed by atoms with Crippen LogP contribution in [0.1, 0.15) is 25.0 Å². The van der Waals surface area contributed by atoms with E-state index in [9.17, 15) is 0 Å². The van der Waals surface area contributed by atoms with Crippen molar-refractivity contribution in [2.75, 3.05) is 0 Å². The van der Waals surface area contributed by atoms with Gasteiger partial charge in [0.05, 0.1) is 0 Å². The summed E-state index contributed by atoms with van der Waals surface area (Å²) in [6, 6.07) is 14.6. The maximum atomic E-state index is 6.15. The average molecular weight is 297 g/mol. The number of benzene rings is 2. The third-order valence-corrected chi connectivity index (χ3v) is 4.16. The third-order valence-electron chi connectivity index (χ3n) is 3.88. The number of fused-ring (bicyclic) bond motifs is 1. The van der Waals surface area contributed by atoms with E-state index < -0.39 is 0 Å². The van der Waals surface area contributed by atoms with Crippen molar-refractivity contribution in [2.45, 2.75) is 26.7 Å². The van der Waals surface area contributed by atoms with Crippen LogP contribution in [-0.4, -0.2) is 10.2 Å². The first-order valence-corrected chi connectivity index (χ1v) is 7.65. The fourth-order valence-electron chi connectivity index (χ4n) is 2.73. The standard InChI is InChI=1S/C18H17ClN2/c1-3-12-9-10-14(11-13(12)4-2)17-15-7-5-6-8-16(15)18(19)21-20-17/h5-11H,3-4H2,1-2H3. The number of aryl methyl sites for hydroxylation is 2. The quantitative estimate of drug-likeness (QED) is 0.674. The second-order valence-corrected chi connectivity index (χ2v) is 5.43. The van der Waals surface area contributed by atoms with Gasteiger partial charge >= 0.3 is 0 Å². The summed E-state index contributed by atoms with van der Waals surface area (Å²) < 4.78 is 0. The van der Waals surface area contributed by atoms with Gasteiger partial charge in [0.2, 0.25) is 0 Å². The van der Waals surface area contributed by atoms with Crippen molar-refractivity contribution >= 4 is 22.4 Å². The van der Waals surface area contributed by atoms with E-state index in [1.165, 1.54) is 11.1 Å². The van der Waals surface area contributed by atoms with Crippen molar-refractivity contribution < 1.29 is 0 Å². The molecule has 0 saturated carbocycles. The molecule has 21 heavy (non-hydrogen) atoms. The highest BCUT2D eigenvalue weighted by Crippen LogP contribution is 2.30. The number of hydrogen-bond acceptors (Lipinski definition) is 2. The highest BCUT2D eigenvalue weighted by molar-refractivity contribution is 6.34. The molecule has 0 radical (unpaired) electrons. The Labute approximate surface area is 129 Å². The molecule has 0 amide bonds. The van der Waals surface area contributed by atoms with Gasteiger partial charge in [-0.3, -0.25) is 0 Å². The Morgan fingerprint density at radius 3 is 2.29 bits per heavy atom. The number of hydrogen-bond donors (Lipinski definition) is 0. The zero-order valence-electron chi connectivity index (χ0n) is 12.2. The minimum atomic E-state index is 0.454. The van der Waals surface area contributed by atoms with Crippen LogP contribution in [0.2, 0.25) is 5.15 Å². The van der Waals surface area contributed by atoms with Gasteiger partial charge in [-0.2, -0.15) is 0 Å². The largest absolute Gasteiger partial charge is 0.159 e. The molecule has 3 heteroatoms. The molecule has 0 atom stereocenters. The lowest BCUT2D eigenvalue weighted by atomic mass is 9.97. The maximum absolute atomic E-state index is 6.15. The first-order valence-electron chi connectivity index (χ1n) is 7.27. The first-order chi connectivity index (χ1) is 10.2. The Morgan fingerprint density at radius 2 is 1.57 bits per heavy atom. The molecule has 0 fully saturated rings. The third kappa shape index (κ3) is 2.52. The number of aromatic nitrogens is 2. The topological polar surface area (TPSA) is 25.8 Å². The van der Waals surface area contributed by atoms with Crippen LogP contribution in [0.3, 0.4) is 0 Å². The van der Waals surface area contributed by atoms with Gasteiger partial charge in [-0.15, -0.1) is 10.2 Å². The molecule has 2 aromatic carbocycles. The van der Waals surface area contributed by atoms with Crippen LogP contribution < -0.4 is 0 Å². The highest BCUT2D eigenvalue weighted by Gasteiger charge is 2.10. The molecule has 0 unspecified atom stereocenters. The number of rotatable bonds is 3. The number of halogens is 1. The van der Waals surface area contributed by atoms with Crippen LogP contribution in [0.25, 0.3) is 22.0 Å². The van der Waals surface area contributed by atoms with Crippen molar-refractivity contribution in [1.29, 1.82) is 0 Å². The lowest BCUT2D eigenvalue weighted by Gasteiger charge is -2.10. The summed E-state index contributed by atoms with van der Waals surface area (Å²) in [5.74, 6) is 0. The first kappa shape index (κ1) is 14.0. The van der Waals surface area contributed by atoms with Gasteiger partial charge in [0.1, 0.15) is 5.69 Å². The van der Waals surface area contributed by atoms with Crippen LogP contribution >= 0.6 is 11.6 Å². The van der Waals surface area contributed by atoms with Crippen LogP contribution in [0.4, 0.5) is 0 Å². The normalized spacial score (nSPS) is 11.0. The van der Waals surface area contributed by atoms with E-state index in [2.05, 4.69) is 42.2 Å².